The van der Waals surface area contributed by atoms with Crippen molar-refractivity contribution in [2.24, 2.45) is 0 Å². The molecule has 1 atom stereocenters. The predicted octanol–water partition coefficient (Wildman–Crippen LogP) is 1.64. The first-order valence-electron chi connectivity index (χ1n) is 6.87. The van der Waals surface area contributed by atoms with Gasteiger partial charge in [0.2, 0.25) is 0 Å². The number of likely N-dealkylation sites (N-methyl/N-ethyl adjacent to an activating group) is 1. The zero-order valence-corrected chi connectivity index (χ0v) is 11.6. The second-order valence-electron chi connectivity index (χ2n) is 4.84. The summed E-state index contributed by atoms with van der Waals surface area (Å²) in [6.07, 6.45) is 3.93. The molecule has 0 spiro atoms. The zero-order valence-electron chi connectivity index (χ0n) is 11.6. The highest BCUT2D eigenvalue weighted by molar-refractivity contribution is 5.90. The van der Waals surface area contributed by atoms with Crippen LogP contribution in [0.25, 0.3) is 0 Å². The Bertz CT molecular complexity index is 417. The first-order chi connectivity index (χ1) is 9.24. The molecular formula is C14H22N2O3. The summed E-state index contributed by atoms with van der Waals surface area (Å²) >= 11 is 0. The van der Waals surface area contributed by atoms with Gasteiger partial charge in [0, 0.05) is 12.6 Å². The molecule has 0 radical (unpaired) electrons. The molecule has 0 aromatic carbocycles. The van der Waals surface area contributed by atoms with Gasteiger partial charge in [-0.25, -0.2) is 4.79 Å². The van der Waals surface area contributed by atoms with Crippen molar-refractivity contribution >= 4 is 5.97 Å². The third-order valence-corrected chi connectivity index (χ3v) is 3.52. The third kappa shape index (κ3) is 3.58. The molecular weight excluding hydrogens is 244 g/mol. The fraction of sp³-hybridized carbons (Fsp3) is 0.643. The maximum Gasteiger partial charge on any atom is 0.341 e. The van der Waals surface area contributed by atoms with E-state index in [1.165, 1.54) is 12.8 Å². The number of rotatable bonds is 5. The van der Waals surface area contributed by atoms with Crippen LogP contribution in [0, 0.1) is 0 Å². The van der Waals surface area contributed by atoms with Crippen molar-refractivity contribution in [3.8, 4) is 0 Å². The highest BCUT2D eigenvalue weighted by atomic mass is 16.5. The van der Waals surface area contributed by atoms with Gasteiger partial charge in [0.15, 0.2) is 0 Å². The first kappa shape index (κ1) is 14.1. The van der Waals surface area contributed by atoms with Gasteiger partial charge in [-0.1, -0.05) is 0 Å². The fourth-order valence-corrected chi connectivity index (χ4v) is 2.49. The summed E-state index contributed by atoms with van der Waals surface area (Å²) in [7, 11) is 1.99. The molecule has 1 fully saturated rings. The Labute approximate surface area is 113 Å². The Hall–Kier alpha value is -1.33. The summed E-state index contributed by atoms with van der Waals surface area (Å²) < 4.78 is 10.5. The van der Waals surface area contributed by atoms with Crippen molar-refractivity contribution < 1.29 is 13.9 Å². The lowest BCUT2D eigenvalue weighted by atomic mass is 10.1. The van der Waals surface area contributed by atoms with Gasteiger partial charge >= 0.3 is 5.97 Å². The van der Waals surface area contributed by atoms with E-state index in [0.29, 0.717) is 30.5 Å². The van der Waals surface area contributed by atoms with Crippen LogP contribution < -0.4 is 5.32 Å². The quantitative estimate of drug-likeness (QED) is 0.821. The van der Waals surface area contributed by atoms with E-state index in [4.69, 9.17) is 9.15 Å². The zero-order chi connectivity index (χ0) is 13.7. The summed E-state index contributed by atoms with van der Waals surface area (Å²) in [5.41, 5.74) is 0.549. The van der Waals surface area contributed by atoms with Crippen LogP contribution in [0.15, 0.2) is 16.7 Å². The van der Waals surface area contributed by atoms with Gasteiger partial charge in [0.05, 0.1) is 19.4 Å². The molecule has 5 nitrogen and oxygen atoms in total. The van der Waals surface area contributed by atoms with E-state index in [1.54, 1.807) is 19.3 Å². The Kier molecular flexibility index (Phi) is 4.99. The van der Waals surface area contributed by atoms with Crippen molar-refractivity contribution in [2.45, 2.75) is 32.4 Å². The Morgan fingerprint density at radius 1 is 1.63 bits per heavy atom. The normalized spacial score (nSPS) is 20.4. The van der Waals surface area contributed by atoms with E-state index in [0.717, 1.165) is 13.1 Å². The number of furan rings is 1. The summed E-state index contributed by atoms with van der Waals surface area (Å²) in [4.78, 5) is 14.1. The third-order valence-electron chi connectivity index (χ3n) is 3.52. The fourth-order valence-electron chi connectivity index (χ4n) is 2.49. The van der Waals surface area contributed by atoms with E-state index in [1.807, 2.05) is 7.05 Å². The molecule has 1 aliphatic heterocycles. The first-order valence-corrected chi connectivity index (χ1v) is 6.87. The monoisotopic (exact) mass is 266 g/mol. The second kappa shape index (κ2) is 6.73. The maximum absolute atomic E-state index is 11.8. The van der Waals surface area contributed by atoms with Crippen molar-refractivity contribution in [1.29, 1.82) is 0 Å². The van der Waals surface area contributed by atoms with Gasteiger partial charge in [-0.2, -0.15) is 0 Å². The van der Waals surface area contributed by atoms with E-state index in [9.17, 15) is 4.79 Å². The van der Waals surface area contributed by atoms with Crippen molar-refractivity contribution in [1.82, 2.24) is 10.2 Å². The smallest absolute Gasteiger partial charge is 0.341 e. The molecule has 1 N–H and O–H groups in total. The summed E-state index contributed by atoms with van der Waals surface area (Å²) in [5.74, 6) is 0.406. The lowest BCUT2D eigenvalue weighted by Crippen LogP contribution is -2.43. The minimum Gasteiger partial charge on any atom is -0.467 e. The number of carbonyl (C=O) groups excluding carboxylic acids is 1. The average molecular weight is 266 g/mol. The van der Waals surface area contributed by atoms with Crippen molar-refractivity contribution in [2.75, 3.05) is 26.7 Å². The minimum atomic E-state index is -0.298. The van der Waals surface area contributed by atoms with E-state index < -0.39 is 0 Å². The van der Waals surface area contributed by atoms with Gasteiger partial charge < -0.3 is 14.5 Å². The predicted molar refractivity (Wildman–Crippen MR) is 72.0 cm³/mol. The van der Waals surface area contributed by atoms with Gasteiger partial charge in [-0.3, -0.25) is 4.90 Å². The number of ether oxygens (including phenoxy) is 1. The van der Waals surface area contributed by atoms with Crippen LogP contribution in [0.2, 0.25) is 0 Å². The molecule has 5 heteroatoms. The van der Waals surface area contributed by atoms with Gasteiger partial charge in [-0.15, -0.1) is 0 Å². The van der Waals surface area contributed by atoms with Crippen molar-refractivity contribution in [3.05, 3.63) is 23.7 Å². The standard InChI is InChI=1S/C14H22N2O3/c1-3-18-14(17)12-6-8-19-13(12)10-16-7-4-5-11(9-16)15-2/h6,8,11,15H,3-5,7,9-10H2,1-2H3. The molecule has 19 heavy (non-hydrogen) atoms. The average Bonchev–Trinajstić information content (AvgIpc) is 2.87. The lowest BCUT2D eigenvalue weighted by molar-refractivity contribution is 0.0521. The van der Waals surface area contributed by atoms with Crippen molar-refractivity contribution in [3.63, 3.8) is 0 Å². The number of nitrogens with one attached hydrogen (secondary N) is 1. The Morgan fingerprint density at radius 2 is 2.47 bits per heavy atom. The van der Waals surface area contributed by atoms with Gasteiger partial charge in [0.1, 0.15) is 11.3 Å². The van der Waals surface area contributed by atoms with E-state index >= 15 is 0 Å². The Balaban J connectivity index is 1.99. The van der Waals surface area contributed by atoms with Crippen LogP contribution in [0.5, 0.6) is 0 Å². The molecule has 1 aliphatic rings. The molecule has 1 aromatic heterocycles. The molecule has 1 unspecified atom stereocenters. The molecule has 106 valence electrons. The van der Waals surface area contributed by atoms with Crippen LogP contribution in [0.3, 0.4) is 0 Å². The van der Waals surface area contributed by atoms with Crippen LogP contribution in [-0.2, 0) is 11.3 Å². The molecule has 2 rings (SSSR count). The van der Waals surface area contributed by atoms with E-state index in [-0.39, 0.29) is 5.97 Å². The molecule has 0 bridgehead atoms. The largest absolute Gasteiger partial charge is 0.467 e. The Morgan fingerprint density at radius 3 is 3.21 bits per heavy atom. The SMILES string of the molecule is CCOC(=O)c1ccoc1CN1CCCC(NC)C1. The summed E-state index contributed by atoms with van der Waals surface area (Å²) in [6, 6.07) is 2.21. The lowest BCUT2D eigenvalue weighted by Gasteiger charge is -2.31. The number of piperidine rings is 1. The number of hydrogen-bond acceptors (Lipinski definition) is 5. The van der Waals surface area contributed by atoms with E-state index in [2.05, 4.69) is 10.2 Å². The molecule has 0 amide bonds. The number of likely N-dealkylation sites (tertiary alicyclic amines) is 1. The molecule has 0 saturated carbocycles. The van der Waals surface area contributed by atoms with Crippen LogP contribution in [-0.4, -0.2) is 43.7 Å². The number of nitrogens with zero attached hydrogens (tertiary/aromatic N) is 1. The molecule has 1 aromatic rings. The topological polar surface area (TPSA) is 54.7 Å². The number of esters is 1. The van der Waals surface area contributed by atoms with Gasteiger partial charge in [-0.05, 0) is 39.4 Å². The summed E-state index contributed by atoms with van der Waals surface area (Å²) in [6.45, 7) is 4.88. The minimum absolute atomic E-state index is 0.298. The maximum atomic E-state index is 11.8. The van der Waals surface area contributed by atoms with Crippen LogP contribution >= 0.6 is 0 Å². The van der Waals surface area contributed by atoms with Gasteiger partial charge in [0.25, 0.3) is 0 Å². The second-order valence-corrected chi connectivity index (χ2v) is 4.84. The number of carbonyl (C=O) groups is 1. The van der Waals surface area contributed by atoms with Crippen LogP contribution in [0.1, 0.15) is 35.9 Å². The highest BCUT2D eigenvalue weighted by Gasteiger charge is 2.22. The molecule has 1 saturated heterocycles. The number of hydrogen-bond donors (Lipinski definition) is 1. The highest BCUT2D eigenvalue weighted by Crippen LogP contribution is 2.18. The molecule has 2 heterocycles. The van der Waals surface area contributed by atoms with Crippen LogP contribution in [0.4, 0.5) is 0 Å². The summed E-state index contributed by atoms with van der Waals surface area (Å²) in [5, 5.41) is 3.31. The molecule has 0 aliphatic carbocycles.